The van der Waals surface area contributed by atoms with E-state index in [0.717, 1.165) is 62.3 Å². The highest BCUT2D eigenvalue weighted by atomic mass is 35.5. The Morgan fingerprint density at radius 1 is 1.15 bits per heavy atom. The van der Waals surface area contributed by atoms with Gasteiger partial charge in [0.1, 0.15) is 11.6 Å². The minimum absolute atomic E-state index is 0.148. The highest BCUT2D eigenvalue weighted by Gasteiger charge is 2.28. The average molecular weight is 686 g/mol. The summed E-state index contributed by atoms with van der Waals surface area (Å²) in [6.45, 7) is 6.24. The van der Waals surface area contributed by atoms with Crippen LogP contribution in [0, 0.1) is 24.2 Å². The summed E-state index contributed by atoms with van der Waals surface area (Å²) in [6, 6.07) is 18.0. The number of nitriles is 1. The van der Waals surface area contributed by atoms with Crippen LogP contribution in [-0.2, 0) is 24.3 Å². The maximum Gasteiger partial charge on any atom is 0.307 e. The highest BCUT2D eigenvalue weighted by molar-refractivity contribution is 8.01. The molecular weight excluding hydrogens is 654 g/mol. The van der Waals surface area contributed by atoms with E-state index in [1.807, 2.05) is 55.5 Å². The second kappa shape index (κ2) is 13.4. The van der Waals surface area contributed by atoms with Gasteiger partial charge in [-0.25, -0.2) is 9.97 Å². The second-order valence-electron chi connectivity index (χ2n) is 12.0. The van der Waals surface area contributed by atoms with Crippen molar-refractivity contribution < 1.29 is 19.4 Å². The number of aliphatic hydroxyl groups excluding tert-OH is 1. The Bertz CT molecular complexity index is 2040. The topological polar surface area (TPSA) is 127 Å². The maximum atomic E-state index is 11.4. The Labute approximate surface area is 285 Å². The number of hydrogen-bond acceptors (Lipinski definition) is 10. The number of aliphatic carboxylic acids is 1. The van der Waals surface area contributed by atoms with Gasteiger partial charge in [0.05, 0.1) is 28.8 Å². The Hall–Kier alpha value is -3.76. The number of aromatic nitrogens is 2. The number of likely N-dealkylation sites (tertiary alicyclic amines) is 1. The van der Waals surface area contributed by atoms with Gasteiger partial charge >= 0.3 is 5.97 Å². The summed E-state index contributed by atoms with van der Waals surface area (Å²) in [5.74, 6) is -0.709. The van der Waals surface area contributed by atoms with Crippen molar-refractivity contribution in [1.82, 2.24) is 19.8 Å². The van der Waals surface area contributed by atoms with Gasteiger partial charge < -0.3 is 14.6 Å². The predicted octanol–water partition coefficient (Wildman–Crippen LogP) is 6.86. The van der Waals surface area contributed by atoms with Gasteiger partial charge in [-0.2, -0.15) is 5.26 Å². The van der Waals surface area contributed by atoms with Crippen LogP contribution >= 0.6 is 34.7 Å². The fourth-order valence-corrected chi connectivity index (χ4v) is 9.03. The number of carbonyl (C=O) groups is 1. The van der Waals surface area contributed by atoms with Crippen LogP contribution in [0.5, 0.6) is 0 Å². The zero-order valence-electron chi connectivity index (χ0n) is 25.7. The number of rotatable bonds is 9. The summed E-state index contributed by atoms with van der Waals surface area (Å²) in [5, 5.41) is 29.3. The molecule has 2 N–H and O–H groups in total. The van der Waals surface area contributed by atoms with Gasteiger partial charge in [0.15, 0.2) is 9.92 Å². The lowest BCUT2D eigenvalue weighted by Gasteiger charge is -2.24. The van der Waals surface area contributed by atoms with E-state index in [1.54, 1.807) is 23.1 Å². The van der Waals surface area contributed by atoms with Gasteiger partial charge in [-0.15, -0.1) is 11.3 Å². The first-order valence-electron chi connectivity index (χ1n) is 15.5. The highest BCUT2D eigenvalue weighted by Crippen LogP contribution is 2.43. The van der Waals surface area contributed by atoms with Crippen molar-refractivity contribution in [2.75, 3.05) is 32.8 Å². The summed E-state index contributed by atoms with van der Waals surface area (Å²) >= 11 is 10.4. The van der Waals surface area contributed by atoms with E-state index in [4.69, 9.17) is 26.0 Å². The molecule has 0 aliphatic carbocycles. The Morgan fingerprint density at radius 2 is 1.96 bits per heavy atom. The predicted molar refractivity (Wildman–Crippen MR) is 183 cm³/mol. The van der Waals surface area contributed by atoms with Gasteiger partial charge in [0.25, 0.3) is 0 Å². The van der Waals surface area contributed by atoms with E-state index >= 15 is 0 Å². The van der Waals surface area contributed by atoms with Crippen molar-refractivity contribution >= 4 is 51.8 Å². The molecule has 0 spiro atoms. The van der Waals surface area contributed by atoms with Crippen molar-refractivity contribution in [3.63, 3.8) is 0 Å². The summed E-state index contributed by atoms with van der Waals surface area (Å²) in [7, 11) is 0. The normalized spacial score (nSPS) is 16.9. The smallest absolute Gasteiger partial charge is 0.307 e. The number of benzene rings is 3. The van der Waals surface area contributed by atoms with E-state index < -0.39 is 5.97 Å². The molecule has 0 radical (unpaired) electrons. The summed E-state index contributed by atoms with van der Waals surface area (Å²) in [6.07, 6.45) is 1.56. The number of aliphatic hydroxyl groups is 1. The van der Waals surface area contributed by atoms with Crippen LogP contribution in [0.2, 0.25) is 5.02 Å². The molecule has 2 aliphatic heterocycles. The lowest BCUT2D eigenvalue weighted by molar-refractivity contribution is -0.141. The number of carboxylic acids is 1. The number of nitrogens with zero attached hydrogens (tertiary/aromatic N) is 5. The molecule has 1 atom stereocenters. The van der Waals surface area contributed by atoms with Gasteiger partial charge in [-0.1, -0.05) is 47.6 Å². The molecule has 0 amide bonds. The van der Waals surface area contributed by atoms with Crippen molar-refractivity contribution in [2.24, 2.45) is 5.92 Å². The third-order valence-electron chi connectivity index (χ3n) is 8.92. The number of carboxylic acid groups (broad SMARTS) is 1. The number of fused-ring (bicyclic) bond motifs is 2. The Kier molecular flexibility index (Phi) is 9.07. The van der Waals surface area contributed by atoms with Gasteiger partial charge in [-0.05, 0) is 67.3 Å². The number of thiazole rings is 1. The second-order valence-corrected chi connectivity index (χ2v) is 14.7. The number of oxazole rings is 1. The van der Waals surface area contributed by atoms with Crippen LogP contribution in [0.25, 0.3) is 33.7 Å². The maximum absolute atomic E-state index is 11.4. The molecule has 0 saturated carbocycles. The van der Waals surface area contributed by atoms with E-state index in [1.165, 1.54) is 4.88 Å². The summed E-state index contributed by atoms with van der Waals surface area (Å²) in [5.41, 5.74) is 7.02. The largest absolute Gasteiger partial charge is 0.481 e. The molecule has 9 nitrogen and oxygen atoms in total. The molecule has 1 fully saturated rings. The van der Waals surface area contributed by atoms with Gasteiger partial charge in [-0.3, -0.25) is 14.6 Å². The van der Waals surface area contributed by atoms with Crippen LogP contribution in [0.1, 0.15) is 33.7 Å². The van der Waals surface area contributed by atoms with Crippen LogP contribution < -0.4 is 0 Å². The molecule has 5 aromatic rings. The van der Waals surface area contributed by atoms with E-state index in [-0.39, 0.29) is 12.5 Å². The first kappa shape index (κ1) is 31.8. The molecule has 2 aliphatic rings. The van der Waals surface area contributed by atoms with E-state index in [9.17, 15) is 20.3 Å². The van der Waals surface area contributed by atoms with Crippen molar-refractivity contribution in [3.8, 4) is 28.7 Å². The monoisotopic (exact) mass is 685 g/mol. The molecule has 3 aromatic carbocycles. The standard InChI is InChI=1S/C35H32ClN5O4S2/c1-20-24(26-6-3-7-30(31(26)36)47-35-39-28-19-40(12-13-42)11-9-29(28)46-35)4-2-5-25(20)33-38-27-15-21(14-23(16-37)32(27)45-33)17-41-10-8-22(18-41)34(43)44/h2-7,14-15,22,42H,8-13,17-19H2,1H3,(H,43,44)/t22-/m1/s1. The molecule has 7 rings (SSSR count). The third-order valence-corrected chi connectivity index (χ3v) is 11.7. The molecule has 12 heteroatoms. The lowest BCUT2D eigenvalue weighted by atomic mass is 9.96. The summed E-state index contributed by atoms with van der Waals surface area (Å²) in [4.78, 5) is 27.7. The number of β-amino-alcohol motifs (C(OH)–C–C–N with tert-alkyl or cyclic N) is 1. The van der Waals surface area contributed by atoms with E-state index in [2.05, 4.69) is 15.9 Å². The summed E-state index contributed by atoms with van der Waals surface area (Å²) < 4.78 is 7.19. The first-order valence-corrected chi connectivity index (χ1v) is 17.5. The number of hydrogen-bond donors (Lipinski definition) is 2. The molecule has 0 unspecified atom stereocenters. The van der Waals surface area contributed by atoms with Crippen molar-refractivity contribution in [2.45, 2.75) is 42.1 Å². The average Bonchev–Trinajstić information content (AvgIpc) is 3.80. The van der Waals surface area contributed by atoms with Crippen LogP contribution in [0.15, 0.2) is 62.2 Å². The Morgan fingerprint density at radius 3 is 2.74 bits per heavy atom. The van der Waals surface area contributed by atoms with Crippen molar-refractivity contribution in [1.29, 1.82) is 5.26 Å². The van der Waals surface area contributed by atoms with Crippen molar-refractivity contribution in [3.05, 3.63) is 80.8 Å². The van der Waals surface area contributed by atoms with Gasteiger partial charge in [0, 0.05) is 53.6 Å². The fraction of sp³-hybridized carbons (Fsp3) is 0.314. The van der Waals surface area contributed by atoms with Gasteiger partial charge in [0.2, 0.25) is 5.89 Å². The van der Waals surface area contributed by atoms with Crippen LogP contribution in [0.3, 0.4) is 0 Å². The zero-order chi connectivity index (χ0) is 32.7. The molecule has 1 saturated heterocycles. The quantitative estimate of drug-likeness (QED) is 0.170. The van der Waals surface area contributed by atoms with E-state index in [0.29, 0.717) is 60.2 Å². The SMILES string of the molecule is Cc1c(-c2nc3cc(CN4CC[C@@H](C(=O)O)C4)cc(C#N)c3o2)cccc1-c1cccc(Sc2nc3c(s2)CCN(CCO)C3)c1Cl. The minimum Gasteiger partial charge on any atom is -0.481 e. The molecule has 240 valence electrons. The van der Waals surface area contributed by atoms with Crippen LogP contribution in [0.4, 0.5) is 0 Å². The molecule has 4 heterocycles. The Balaban J connectivity index is 1.16. The molecular formula is C35H32ClN5O4S2. The molecule has 2 aromatic heterocycles. The zero-order valence-corrected chi connectivity index (χ0v) is 28.1. The lowest BCUT2D eigenvalue weighted by Crippen LogP contribution is -2.32. The molecule has 47 heavy (non-hydrogen) atoms. The minimum atomic E-state index is -0.767. The fourth-order valence-electron chi connectivity index (χ4n) is 6.47. The number of halogens is 1. The van der Waals surface area contributed by atoms with Crippen LogP contribution in [-0.4, -0.2) is 68.7 Å². The molecule has 0 bridgehead atoms. The third kappa shape index (κ3) is 6.42. The first-order chi connectivity index (χ1) is 22.8.